The summed E-state index contributed by atoms with van der Waals surface area (Å²) in [7, 11) is -1.56. The van der Waals surface area contributed by atoms with Crippen LogP contribution < -0.4 is 5.73 Å². The van der Waals surface area contributed by atoms with E-state index in [0.717, 1.165) is 11.3 Å². The van der Waals surface area contributed by atoms with Crippen molar-refractivity contribution in [2.24, 2.45) is 0 Å². The summed E-state index contributed by atoms with van der Waals surface area (Å²) in [6.45, 7) is 5.88. The lowest BCUT2D eigenvalue weighted by Gasteiger charge is -2.33. The Bertz CT molecular complexity index is 525. The SMILES string of the molecule is CCC(C)(C)N(C)S(=O)(=O)CCSc1ccc(N)cc1. The number of nitrogen functional groups attached to an aromatic ring is 1. The van der Waals surface area contributed by atoms with Gasteiger partial charge in [0.05, 0.1) is 5.75 Å². The van der Waals surface area contributed by atoms with Gasteiger partial charge in [0.15, 0.2) is 0 Å². The molecule has 114 valence electrons. The minimum absolute atomic E-state index is 0.141. The first-order valence-corrected chi connectivity index (χ1v) is 9.23. The molecule has 0 aliphatic carbocycles. The fourth-order valence-corrected chi connectivity index (χ4v) is 4.46. The molecule has 0 spiro atoms. The third kappa shape index (κ3) is 4.68. The van der Waals surface area contributed by atoms with Gasteiger partial charge in [0.25, 0.3) is 0 Å². The lowest BCUT2D eigenvalue weighted by Crippen LogP contribution is -2.45. The van der Waals surface area contributed by atoms with Gasteiger partial charge in [-0.15, -0.1) is 11.8 Å². The molecule has 1 aromatic rings. The van der Waals surface area contributed by atoms with E-state index in [2.05, 4.69) is 0 Å². The maximum Gasteiger partial charge on any atom is 0.215 e. The Balaban J connectivity index is 2.58. The summed E-state index contributed by atoms with van der Waals surface area (Å²) in [6.07, 6.45) is 0.786. The lowest BCUT2D eigenvalue weighted by atomic mass is 10.0. The minimum Gasteiger partial charge on any atom is -0.399 e. The van der Waals surface area contributed by atoms with Gasteiger partial charge in [-0.3, -0.25) is 0 Å². The molecule has 2 N–H and O–H groups in total. The Kier molecular flexibility index (Phi) is 5.91. The zero-order valence-corrected chi connectivity index (χ0v) is 14.2. The van der Waals surface area contributed by atoms with E-state index in [9.17, 15) is 8.42 Å². The molecule has 0 aliphatic rings. The first kappa shape index (κ1) is 17.3. The van der Waals surface area contributed by atoms with Crippen LogP contribution in [0.15, 0.2) is 29.2 Å². The van der Waals surface area contributed by atoms with Gasteiger partial charge >= 0.3 is 0 Å². The van der Waals surface area contributed by atoms with Crippen molar-refractivity contribution in [1.29, 1.82) is 0 Å². The number of nitrogens with zero attached hydrogens (tertiary/aromatic N) is 1. The van der Waals surface area contributed by atoms with Gasteiger partial charge in [-0.05, 0) is 44.5 Å². The summed E-state index contributed by atoms with van der Waals surface area (Å²) < 4.78 is 26.0. The number of thioether (sulfide) groups is 1. The Labute approximate surface area is 126 Å². The Morgan fingerprint density at radius 3 is 2.30 bits per heavy atom. The molecule has 0 unspecified atom stereocenters. The van der Waals surface area contributed by atoms with Crippen LogP contribution >= 0.6 is 11.8 Å². The summed E-state index contributed by atoms with van der Waals surface area (Å²) in [6, 6.07) is 7.46. The quantitative estimate of drug-likeness (QED) is 0.620. The molecule has 0 saturated carbocycles. The summed E-state index contributed by atoms with van der Waals surface area (Å²) >= 11 is 1.53. The highest BCUT2D eigenvalue weighted by Crippen LogP contribution is 2.23. The molecule has 20 heavy (non-hydrogen) atoms. The molecule has 4 nitrogen and oxygen atoms in total. The molecular formula is C14H24N2O2S2. The van der Waals surface area contributed by atoms with Gasteiger partial charge in [0.1, 0.15) is 0 Å². The standard InChI is InChI=1S/C14H24N2O2S2/c1-5-14(2,3)16(4)20(17,18)11-10-19-13-8-6-12(15)7-9-13/h6-9H,5,10-11,15H2,1-4H3. The van der Waals surface area contributed by atoms with Crippen LogP contribution in [0.1, 0.15) is 27.2 Å². The van der Waals surface area contributed by atoms with Crippen LogP contribution in [0.2, 0.25) is 0 Å². The van der Waals surface area contributed by atoms with E-state index in [-0.39, 0.29) is 11.3 Å². The highest BCUT2D eigenvalue weighted by molar-refractivity contribution is 8.00. The second-order valence-corrected chi connectivity index (χ2v) is 8.66. The van der Waals surface area contributed by atoms with E-state index in [0.29, 0.717) is 11.4 Å². The Morgan fingerprint density at radius 2 is 1.80 bits per heavy atom. The molecule has 0 saturated heterocycles. The van der Waals surface area contributed by atoms with Gasteiger partial charge in [-0.2, -0.15) is 4.31 Å². The number of hydrogen-bond donors (Lipinski definition) is 1. The van der Waals surface area contributed by atoms with Crippen LogP contribution in [-0.2, 0) is 10.0 Å². The Hall–Kier alpha value is -0.720. The van der Waals surface area contributed by atoms with Crippen LogP contribution in [0, 0.1) is 0 Å². The van der Waals surface area contributed by atoms with Crippen molar-refractivity contribution in [2.75, 3.05) is 24.3 Å². The van der Waals surface area contributed by atoms with Crippen molar-refractivity contribution in [3.63, 3.8) is 0 Å². The van der Waals surface area contributed by atoms with Crippen molar-refractivity contribution >= 4 is 27.5 Å². The second kappa shape index (κ2) is 6.83. The third-order valence-electron chi connectivity index (χ3n) is 3.63. The first-order valence-electron chi connectivity index (χ1n) is 6.64. The molecule has 0 atom stereocenters. The average Bonchev–Trinajstić information content (AvgIpc) is 2.40. The molecule has 6 heteroatoms. The van der Waals surface area contributed by atoms with E-state index in [1.165, 1.54) is 16.1 Å². The molecule has 0 fully saturated rings. The van der Waals surface area contributed by atoms with Gasteiger partial charge in [-0.1, -0.05) is 6.92 Å². The molecule has 0 radical (unpaired) electrons. The van der Waals surface area contributed by atoms with Crippen LogP contribution in [-0.4, -0.2) is 36.8 Å². The zero-order chi connectivity index (χ0) is 15.4. The number of rotatable bonds is 7. The number of hydrogen-bond acceptors (Lipinski definition) is 4. The van der Waals surface area contributed by atoms with Gasteiger partial charge in [-0.25, -0.2) is 8.42 Å². The van der Waals surface area contributed by atoms with E-state index < -0.39 is 10.0 Å². The Morgan fingerprint density at radius 1 is 1.25 bits per heavy atom. The zero-order valence-electron chi connectivity index (χ0n) is 12.6. The molecule has 1 rings (SSSR count). The summed E-state index contributed by atoms with van der Waals surface area (Å²) in [5.74, 6) is 0.679. The highest BCUT2D eigenvalue weighted by atomic mass is 32.2. The van der Waals surface area contributed by atoms with E-state index >= 15 is 0 Å². The van der Waals surface area contributed by atoms with E-state index in [1.807, 2.05) is 45.0 Å². The van der Waals surface area contributed by atoms with Crippen molar-refractivity contribution in [1.82, 2.24) is 4.31 Å². The molecule has 1 aromatic carbocycles. The summed E-state index contributed by atoms with van der Waals surface area (Å²) in [5, 5.41) is 0. The fraction of sp³-hybridized carbons (Fsp3) is 0.571. The molecule has 0 aliphatic heterocycles. The fourth-order valence-electron chi connectivity index (χ4n) is 1.56. The number of nitrogens with two attached hydrogens (primary N) is 1. The van der Waals surface area contributed by atoms with Crippen LogP contribution in [0.5, 0.6) is 0 Å². The maximum atomic E-state index is 12.3. The number of benzene rings is 1. The van der Waals surface area contributed by atoms with Crippen LogP contribution in [0.3, 0.4) is 0 Å². The minimum atomic E-state index is -3.22. The molecule has 0 aromatic heterocycles. The summed E-state index contributed by atoms with van der Waals surface area (Å²) in [4.78, 5) is 1.03. The second-order valence-electron chi connectivity index (χ2n) is 5.37. The van der Waals surface area contributed by atoms with Crippen LogP contribution in [0.4, 0.5) is 5.69 Å². The first-order chi connectivity index (χ1) is 9.19. The number of sulfonamides is 1. The van der Waals surface area contributed by atoms with Gasteiger partial charge < -0.3 is 5.73 Å². The molecule has 0 heterocycles. The molecule has 0 amide bonds. The maximum absolute atomic E-state index is 12.3. The molecule has 0 bridgehead atoms. The smallest absolute Gasteiger partial charge is 0.215 e. The van der Waals surface area contributed by atoms with E-state index in [4.69, 9.17) is 5.73 Å². The highest BCUT2D eigenvalue weighted by Gasteiger charge is 2.30. The topological polar surface area (TPSA) is 63.4 Å². The van der Waals surface area contributed by atoms with Crippen molar-refractivity contribution < 1.29 is 8.42 Å². The largest absolute Gasteiger partial charge is 0.399 e. The van der Waals surface area contributed by atoms with Crippen molar-refractivity contribution in [3.8, 4) is 0 Å². The third-order valence-corrected chi connectivity index (χ3v) is 6.95. The molecular weight excluding hydrogens is 292 g/mol. The van der Waals surface area contributed by atoms with Gasteiger partial charge in [0.2, 0.25) is 10.0 Å². The van der Waals surface area contributed by atoms with Crippen molar-refractivity contribution in [3.05, 3.63) is 24.3 Å². The normalized spacial score (nSPS) is 12.8. The van der Waals surface area contributed by atoms with Crippen LogP contribution in [0.25, 0.3) is 0 Å². The lowest BCUT2D eigenvalue weighted by molar-refractivity contribution is 0.257. The van der Waals surface area contributed by atoms with Gasteiger partial charge in [0, 0.05) is 28.9 Å². The van der Waals surface area contributed by atoms with E-state index in [1.54, 1.807) is 7.05 Å². The monoisotopic (exact) mass is 316 g/mol. The average molecular weight is 316 g/mol. The predicted molar refractivity (Wildman–Crippen MR) is 87.5 cm³/mol. The predicted octanol–water partition coefficient (Wildman–Crippen LogP) is 2.81. The number of anilines is 1. The van der Waals surface area contributed by atoms with Crippen molar-refractivity contribution in [2.45, 2.75) is 37.6 Å². The summed E-state index contributed by atoms with van der Waals surface area (Å²) in [5.41, 5.74) is 5.99.